The summed E-state index contributed by atoms with van der Waals surface area (Å²) in [5.74, 6) is -0.0334. The summed E-state index contributed by atoms with van der Waals surface area (Å²) in [4.78, 5) is 23.7. The highest BCUT2D eigenvalue weighted by Crippen LogP contribution is 2.37. The van der Waals surface area contributed by atoms with Crippen LogP contribution in [0.3, 0.4) is 0 Å². The number of carbonyl (C=O) groups is 1. The molecule has 0 fully saturated rings. The highest BCUT2D eigenvalue weighted by atomic mass is 32.2. The van der Waals surface area contributed by atoms with E-state index in [0.717, 1.165) is 42.5 Å². The van der Waals surface area contributed by atoms with Crippen LogP contribution in [0.25, 0.3) is 20.7 Å². The Balaban J connectivity index is 1.56. The van der Waals surface area contributed by atoms with E-state index in [9.17, 15) is 4.79 Å². The molecule has 6 heteroatoms. The molecule has 1 amide bonds. The maximum atomic E-state index is 12.8. The second-order valence-electron chi connectivity index (χ2n) is 6.87. The van der Waals surface area contributed by atoms with Crippen molar-refractivity contribution in [2.24, 2.45) is 0 Å². The molecule has 0 bridgehead atoms. The number of rotatable bonds is 5. The van der Waals surface area contributed by atoms with Gasteiger partial charge in [0.2, 0.25) is 5.91 Å². The average Bonchev–Trinajstić information content (AvgIpc) is 3.17. The van der Waals surface area contributed by atoms with Gasteiger partial charge >= 0.3 is 0 Å². The monoisotopic (exact) mass is 419 g/mol. The molecule has 0 radical (unpaired) electrons. The van der Waals surface area contributed by atoms with E-state index in [1.54, 1.807) is 17.7 Å². The van der Waals surface area contributed by atoms with Crippen molar-refractivity contribution < 1.29 is 4.79 Å². The number of anilines is 1. The van der Waals surface area contributed by atoms with Crippen molar-refractivity contribution in [3.05, 3.63) is 72.1 Å². The molecule has 2 aromatic carbocycles. The number of carbonyl (C=O) groups excluding carboxylic acids is 1. The SMILES string of the molecule is Cc1cccc(NC(=O)[C@@H](C)Sc2ncnc3sc(-c4ccccc4)cc23)c1C. The number of hydrogen-bond acceptors (Lipinski definition) is 5. The van der Waals surface area contributed by atoms with Crippen molar-refractivity contribution in [3.8, 4) is 10.4 Å². The molecule has 4 nitrogen and oxygen atoms in total. The van der Waals surface area contributed by atoms with Crippen LogP contribution >= 0.6 is 23.1 Å². The quantitative estimate of drug-likeness (QED) is 0.314. The molecule has 2 heterocycles. The van der Waals surface area contributed by atoms with Gasteiger partial charge in [-0.1, -0.05) is 54.2 Å². The molecule has 0 saturated heterocycles. The van der Waals surface area contributed by atoms with Gasteiger partial charge in [0.1, 0.15) is 16.2 Å². The zero-order valence-corrected chi connectivity index (χ0v) is 18.1. The van der Waals surface area contributed by atoms with Crippen LogP contribution in [0.4, 0.5) is 5.69 Å². The summed E-state index contributed by atoms with van der Waals surface area (Å²) >= 11 is 3.10. The fourth-order valence-corrected chi connectivity index (χ4v) is 4.97. The van der Waals surface area contributed by atoms with E-state index < -0.39 is 0 Å². The molecular formula is C23H21N3OS2. The summed E-state index contributed by atoms with van der Waals surface area (Å²) in [6, 6.07) is 18.3. The average molecular weight is 420 g/mol. The fourth-order valence-electron chi connectivity index (χ4n) is 3.01. The van der Waals surface area contributed by atoms with Gasteiger partial charge in [-0.3, -0.25) is 4.79 Å². The largest absolute Gasteiger partial charge is 0.325 e. The normalized spacial score (nSPS) is 12.1. The number of aromatic nitrogens is 2. The first kappa shape index (κ1) is 19.6. The van der Waals surface area contributed by atoms with Crippen molar-refractivity contribution in [1.82, 2.24) is 9.97 Å². The van der Waals surface area contributed by atoms with Gasteiger partial charge in [0, 0.05) is 16.0 Å². The van der Waals surface area contributed by atoms with Gasteiger partial charge in [-0.05, 0) is 49.6 Å². The first-order valence-corrected chi connectivity index (χ1v) is 11.1. The van der Waals surface area contributed by atoms with Crippen LogP contribution in [0.15, 0.2) is 66.0 Å². The van der Waals surface area contributed by atoms with Gasteiger partial charge in [-0.25, -0.2) is 9.97 Å². The molecule has 1 atom stereocenters. The standard InChI is InChI=1S/C23H21N3OS2/c1-14-8-7-11-19(15(14)2)26-21(27)16(3)28-22-18-12-20(17-9-5-4-6-10-17)29-23(18)25-13-24-22/h4-13,16H,1-3H3,(H,26,27)/t16-/m1/s1. The molecular weight excluding hydrogens is 398 g/mol. The Bertz CT molecular complexity index is 1170. The zero-order valence-electron chi connectivity index (χ0n) is 16.5. The summed E-state index contributed by atoms with van der Waals surface area (Å²) in [6.45, 7) is 5.97. The lowest BCUT2D eigenvalue weighted by Crippen LogP contribution is -2.23. The van der Waals surface area contributed by atoms with E-state index in [1.807, 2.05) is 57.2 Å². The Labute approximate surface area is 178 Å². The van der Waals surface area contributed by atoms with Gasteiger partial charge < -0.3 is 5.32 Å². The number of aryl methyl sites for hydroxylation is 1. The van der Waals surface area contributed by atoms with Crippen molar-refractivity contribution >= 4 is 44.9 Å². The van der Waals surface area contributed by atoms with E-state index >= 15 is 0 Å². The number of benzene rings is 2. The van der Waals surface area contributed by atoms with E-state index in [-0.39, 0.29) is 11.2 Å². The molecule has 0 spiro atoms. The van der Waals surface area contributed by atoms with Gasteiger partial charge in [0.25, 0.3) is 0 Å². The van der Waals surface area contributed by atoms with Crippen molar-refractivity contribution in [2.45, 2.75) is 31.0 Å². The Kier molecular flexibility index (Phi) is 5.65. The number of hydrogen-bond donors (Lipinski definition) is 1. The molecule has 0 aliphatic rings. The van der Waals surface area contributed by atoms with Crippen LogP contribution in [0.5, 0.6) is 0 Å². The topological polar surface area (TPSA) is 54.9 Å². The minimum absolute atomic E-state index is 0.0334. The number of amides is 1. The van der Waals surface area contributed by atoms with Gasteiger partial charge in [-0.2, -0.15) is 0 Å². The van der Waals surface area contributed by atoms with Crippen LogP contribution in [-0.2, 0) is 4.79 Å². The summed E-state index contributed by atoms with van der Waals surface area (Å²) in [7, 11) is 0. The van der Waals surface area contributed by atoms with Gasteiger partial charge in [0.05, 0.1) is 5.25 Å². The van der Waals surface area contributed by atoms with Crippen LogP contribution in [-0.4, -0.2) is 21.1 Å². The third-order valence-corrected chi connectivity index (χ3v) is 7.08. The molecule has 0 saturated carbocycles. The lowest BCUT2D eigenvalue weighted by atomic mass is 10.1. The van der Waals surface area contributed by atoms with E-state index in [4.69, 9.17) is 0 Å². The number of thiophene rings is 1. The smallest absolute Gasteiger partial charge is 0.237 e. The van der Waals surface area contributed by atoms with E-state index in [2.05, 4.69) is 33.5 Å². The van der Waals surface area contributed by atoms with Crippen molar-refractivity contribution in [1.29, 1.82) is 0 Å². The molecule has 4 aromatic rings. The third kappa shape index (κ3) is 4.18. The maximum absolute atomic E-state index is 12.8. The molecule has 4 rings (SSSR count). The lowest BCUT2D eigenvalue weighted by molar-refractivity contribution is -0.115. The number of fused-ring (bicyclic) bond motifs is 1. The Morgan fingerprint density at radius 2 is 1.86 bits per heavy atom. The summed E-state index contributed by atoms with van der Waals surface area (Å²) < 4.78 is 0. The Morgan fingerprint density at radius 1 is 1.07 bits per heavy atom. The third-order valence-electron chi connectivity index (χ3n) is 4.87. The molecule has 0 aliphatic carbocycles. The van der Waals surface area contributed by atoms with Gasteiger partial charge in [-0.15, -0.1) is 11.3 Å². The highest BCUT2D eigenvalue weighted by Gasteiger charge is 2.19. The fraction of sp³-hybridized carbons (Fsp3) is 0.174. The maximum Gasteiger partial charge on any atom is 0.237 e. The summed E-state index contributed by atoms with van der Waals surface area (Å²) in [5.41, 5.74) is 4.27. The Morgan fingerprint density at radius 3 is 2.66 bits per heavy atom. The number of thioether (sulfide) groups is 1. The van der Waals surface area contributed by atoms with Crippen LogP contribution < -0.4 is 5.32 Å². The zero-order chi connectivity index (χ0) is 20.4. The van der Waals surface area contributed by atoms with Crippen LogP contribution in [0.1, 0.15) is 18.1 Å². The van der Waals surface area contributed by atoms with Crippen molar-refractivity contribution in [3.63, 3.8) is 0 Å². The number of nitrogens with zero attached hydrogens (tertiary/aromatic N) is 2. The Hall–Kier alpha value is -2.70. The minimum atomic E-state index is -0.284. The molecule has 0 unspecified atom stereocenters. The molecule has 0 aliphatic heterocycles. The second-order valence-corrected chi connectivity index (χ2v) is 9.23. The number of nitrogens with one attached hydrogen (secondary N) is 1. The van der Waals surface area contributed by atoms with Crippen LogP contribution in [0.2, 0.25) is 0 Å². The molecule has 146 valence electrons. The summed E-state index contributed by atoms with van der Waals surface area (Å²) in [6.07, 6.45) is 1.57. The van der Waals surface area contributed by atoms with E-state index in [1.165, 1.54) is 11.8 Å². The lowest BCUT2D eigenvalue weighted by Gasteiger charge is -2.14. The summed E-state index contributed by atoms with van der Waals surface area (Å²) in [5, 5.41) is 4.59. The van der Waals surface area contributed by atoms with Crippen molar-refractivity contribution in [2.75, 3.05) is 5.32 Å². The second kappa shape index (κ2) is 8.35. The molecule has 1 N–H and O–H groups in total. The predicted octanol–water partition coefficient (Wildman–Crippen LogP) is 6.09. The molecule has 2 aromatic heterocycles. The predicted molar refractivity (Wildman–Crippen MR) is 123 cm³/mol. The first-order valence-electron chi connectivity index (χ1n) is 9.36. The first-order chi connectivity index (χ1) is 14.0. The highest BCUT2D eigenvalue weighted by molar-refractivity contribution is 8.00. The van der Waals surface area contributed by atoms with E-state index in [0.29, 0.717) is 0 Å². The molecule has 29 heavy (non-hydrogen) atoms. The van der Waals surface area contributed by atoms with Crippen LogP contribution in [0, 0.1) is 13.8 Å². The minimum Gasteiger partial charge on any atom is -0.325 e. The van der Waals surface area contributed by atoms with Gasteiger partial charge in [0.15, 0.2) is 0 Å².